The molecule has 0 bridgehead atoms. The number of carbonyl (C=O) groups excluding carboxylic acids is 3. The van der Waals surface area contributed by atoms with Gasteiger partial charge in [0.05, 0.1) is 0 Å². The second-order valence-corrected chi connectivity index (χ2v) is 5.64. The zero-order valence-electron chi connectivity index (χ0n) is 10.4. The predicted octanol–water partition coefficient (Wildman–Crippen LogP) is -0.157. The van der Waals surface area contributed by atoms with E-state index in [1.165, 1.54) is 0 Å². The number of imide groups is 1. The van der Waals surface area contributed by atoms with Crippen molar-refractivity contribution in [2.24, 2.45) is 11.8 Å². The van der Waals surface area contributed by atoms with Crippen LogP contribution in [0.1, 0.15) is 26.2 Å². The molecule has 0 aromatic rings. The van der Waals surface area contributed by atoms with Crippen LogP contribution in [0.4, 0.5) is 4.79 Å². The van der Waals surface area contributed by atoms with Crippen LogP contribution < -0.4 is 10.6 Å². The lowest BCUT2D eigenvalue weighted by atomic mass is 9.87. The highest BCUT2D eigenvalue weighted by Gasteiger charge is 2.50. The van der Waals surface area contributed by atoms with Gasteiger partial charge in [-0.15, -0.1) is 0 Å². The number of rotatable bonds is 1. The first-order chi connectivity index (χ1) is 8.52. The summed E-state index contributed by atoms with van der Waals surface area (Å²) in [7, 11) is 0. The van der Waals surface area contributed by atoms with Crippen molar-refractivity contribution in [3.8, 4) is 0 Å². The van der Waals surface area contributed by atoms with Gasteiger partial charge in [-0.3, -0.25) is 14.9 Å². The summed E-state index contributed by atoms with van der Waals surface area (Å²) < 4.78 is 0. The monoisotopic (exact) mass is 251 g/mol. The van der Waals surface area contributed by atoms with Gasteiger partial charge in [0.15, 0.2) is 0 Å². The van der Waals surface area contributed by atoms with Crippen molar-refractivity contribution >= 4 is 17.8 Å². The van der Waals surface area contributed by atoms with E-state index in [1.807, 2.05) is 4.90 Å². The lowest BCUT2D eigenvalue weighted by Crippen LogP contribution is -2.56. The average molecular weight is 251 g/mol. The van der Waals surface area contributed by atoms with E-state index in [4.69, 9.17) is 0 Å². The number of amides is 4. The van der Waals surface area contributed by atoms with Crippen LogP contribution in [-0.2, 0) is 9.59 Å². The average Bonchev–Trinajstić information content (AvgIpc) is 2.99. The third-order valence-electron chi connectivity index (χ3n) is 4.37. The molecule has 18 heavy (non-hydrogen) atoms. The van der Waals surface area contributed by atoms with E-state index in [2.05, 4.69) is 17.6 Å². The van der Waals surface area contributed by atoms with Crippen LogP contribution in [0, 0.1) is 11.8 Å². The Bertz CT molecular complexity index is 426. The molecule has 2 saturated heterocycles. The highest BCUT2D eigenvalue weighted by molar-refractivity contribution is 6.07. The molecule has 3 fully saturated rings. The molecule has 0 aromatic heterocycles. The van der Waals surface area contributed by atoms with E-state index >= 15 is 0 Å². The molecule has 2 atom stereocenters. The lowest BCUT2D eigenvalue weighted by molar-refractivity contribution is -0.137. The second-order valence-electron chi connectivity index (χ2n) is 5.64. The maximum absolute atomic E-state index is 12.1. The zero-order chi connectivity index (χ0) is 12.9. The van der Waals surface area contributed by atoms with Crippen molar-refractivity contribution in [2.75, 3.05) is 13.1 Å². The van der Waals surface area contributed by atoms with Gasteiger partial charge >= 0.3 is 6.03 Å². The van der Waals surface area contributed by atoms with Crippen LogP contribution in [0.25, 0.3) is 0 Å². The molecule has 3 rings (SSSR count). The fraction of sp³-hybridized carbons (Fsp3) is 0.750. The quantitative estimate of drug-likeness (QED) is 0.636. The van der Waals surface area contributed by atoms with Gasteiger partial charge in [0.1, 0.15) is 5.54 Å². The molecule has 6 heteroatoms. The summed E-state index contributed by atoms with van der Waals surface area (Å²) in [5.41, 5.74) is -0.775. The molecular weight excluding hydrogens is 234 g/mol. The summed E-state index contributed by atoms with van der Waals surface area (Å²) in [5, 5.41) is 4.97. The van der Waals surface area contributed by atoms with Gasteiger partial charge in [0, 0.05) is 19.0 Å². The summed E-state index contributed by atoms with van der Waals surface area (Å²) in [6.45, 7) is 3.18. The van der Waals surface area contributed by atoms with E-state index in [-0.39, 0.29) is 17.7 Å². The van der Waals surface area contributed by atoms with Crippen molar-refractivity contribution < 1.29 is 14.4 Å². The molecule has 1 spiro atoms. The molecule has 6 nitrogen and oxygen atoms in total. The van der Waals surface area contributed by atoms with Crippen molar-refractivity contribution in [1.29, 1.82) is 0 Å². The van der Waals surface area contributed by atoms with Crippen molar-refractivity contribution in [1.82, 2.24) is 15.5 Å². The van der Waals surface area contributed by atoms with E-state index in [1.54, 1.807) is 0 Å². The first-order valence-corrected chi connectivity index (χ1v) is 6.44. The Morgan fingerprint density at radius 3 is 2.39 bits per heavy atom. The lowest BCUT2D eigenvalue weighted by Gasteiger charge is -2.37. The first kappa shape index (κ1) is 11.5. The highest BCUT2D eigenvalue weighted by Crippen LogP contribution is 2.40. The van der Waals surface area contributed by atoms with E-state index in [0.717, 1.165) is 6.42 Å². The van der Waals surface area contributed by atoms with Crippen LogP contribution >= 0.6 is 0 Å². The Labute approximate surface area is 105 Å². The van der Waals surface area contributed by atoms with Gasteiger partial charge in [0.2, 0.25) is 5.91 Å². The summed E-state index contributed by atoms with van der Waals surface area (Å²) in [6, 6.07) is -0.421. The third kappa shape index (κ3) is 1.67. The molecule has 2 N–H and O–H groups in total. The van der Waals surface area contributed by atoms with Gasteiger partial charge in [-0.05, 0) is 25.2 Å². The fourth-order valence-corrected chi connectivity index (χ4v) is 2.89. The molecule has 98 valence electrons. The maximum Gasteiger partial charge on any atom is 0.322 e. The Hall–Kier alpha value is -1.59. The van der Waals surface area contributed by atoms with Gasteiger partial charge < -0.3 is 10.2 Å². The Morgan fingerprint density at radius 2 is 1.94 bits per heavy atom. The number of piperidine rings is 1. The molecule has 0 radical (unpaired) electrons. The number of carbonyl (C=O) groups is 3. The summed E-state index contributed by atoms with van der Waals surface area (Å²) >= 11 is 0. The molecule has 1 saturated carbocycles. The molecule has 2 aliphatic heterocycles. The number of likely N-dealkylation sites (tertiary alicyclic amines) is 1. The molecule has 2 unspecified atom stereocenters. The molecule has 4 amide bonds. The smallest absolute Gasteiger partial charge is 0.322 e. The number of nitrogens with zero attached hydrogens (tertiary/aromatic N) is 1. The summed E-state index contributed by atoms with van der Waals surface area (Å²) in [6.07, 6.45) is 2.01. The van der Waals surface area contributed by atoms with E-state index in [0.29, 0.717) is 31.8 Å². The minimum Gasteiger partial charge on any atom is -0.342 e. The predicted molar refractivity (Wildman–Crippen MR) is 62.5 cm³/mol. The normalized spacial score (nSPS) is 33.3. The third-order valence-corrected chi connectivity index (χ3v) is 4.37. The largest absolute Gasteiger partial charge is 0.342 e. The minimum absolute atomic E-state index is 0.186. The van der Waals surface area contributed by atoms with Gasteiger partial charge in [0.25, 0.3) is 5.91 Å². The summed E-state index contributed by atoms with van der Waals surface area (Å²) in [5.74, 6) is 0.649. The van der Waals surface area contributed by atoms with Gasteiger partial charge in [-0.25, -0.2) is 4.79 Å². The van der Waals surface area contributed by atoms with Crippen molar-refractivity contribution in [3.63, 3.8) is 0 Å². The minimum atomic E-state index is -0.775. The topological polar surface area (TPSA) is 78.5 Å². The highest BCUT2D eigenvalue weighted by atomic mass is 16.2. The molecular formula is C12H17N3O3. The molecule has 3 aliphatic rings. The first-order valence-electron chi connectivity index (χ1n) is 6.44. The molecule has 0 aromatic carbocycles. The van der Waals surface area contributed by atoms with E-state index < -0.39 is 11.6 Å². The van der Waals surface area contributed by atoms with E-state index in [9.17, 15) is 14.4 Å². The van der Waals surface area contributed by atoms with Crippen LogP contribution in [0.2, 0.25) is 0 Å². The number of hydrogen-bond acceptors (Lipinski definition) is 3. The number of urea groups is 1. The van der Waals surface area contributed by atoms with Gasteiger partial charge in [-0.2, -0.15) is 0 Å². The van der Waals surface area contributed by atoms with Gasteiger partial charge in [-0.1, -0.05) is 6.92 Å². The Balaban J connectivity index is 1.63. The van der Waals surface area contributed by atoms with Crippen LogP contribution in [0.5, 0.6) is 0 Å². The fourth-order valence-electron chi connectivity index (χ4n) is 2.89. The standard InChI is InChI=1S/C12H17N3O3/c1-7-6-8(7)9(16)15-4-2-12(3-5-15)10(17)13-11(18)14-12/h7-8H,2-6H2,1H3,(H2,13,14,17,18). The van der Waals surface area contributed by atoms with Crippen molar-refractivity contribution in [2.45, 2.75) is 31.7 Å². The van der Waals surface area contributed by atoms with Crippen LogP contribution in [-0.4, -0.2) is 41.4 Å². The van der Waals surface area contributed by atoms with Crippen molar-refractivity contribution in [3.05, 3.63) is 0 Å². The maximum atomic E-state index is 12.1. The van der Waals surface area contributed by atoms with Crippen LogP contribution in [0.15, 0.2) is 0 Å². The second kappa shape index (κ2) is 3.70. The Kier molecular flexibility index (Phi) is 2.36. The SMILES string of the molecule is CC1CC1C(=O)N1CCC2(CC1)NC(=O)NC2=O. The molecule has 2 heterocycles. The number of hydrogen-bond donors (Lipinski definition) is 2. The van der Waals surface area contributed by atoms with Crippen LogP contribution in [0.3, 0.4) is 0 Å². The Morgan fingerprint density at radius 1 is 1.33 bits per heavy atom. The summed E-state index contributed by atoms with van der Waals surface area (Å²) in [4.78, 5) is 36.8. The molecule has 1 aliphatic carbocycles. The zero-order valence-corrected chi connectivity index (χ0v) is 10.4. The number of nitrogens with one attached hydrogen (secondary N) is 2.